The molecule has 0 fully saturated rings. The summed E-state index contributed by atoms with van der Waals surface area (Å²) in [5.74, 6) is 0.575. The normalized spacial score (nSPS) is 11.1. The lowest BCUT2D eigenvalue weighted by Gasteiger charge is -2.09. The molecule has 0 radical (unpaired) electrons. The van der Waals surface area contributed by atoms with Crippen LogP contribution in [-0.2, 0) is 13.7 Å². The fourth-order valence-electron chi connectivity index (χ4n) is 2.71. The summed E-state index contributed by atoms with van der Waals surface area (Å²) in [6, 6.07) is 16.5. The van der Waals surface area contributed by atoms with Gasteiger partial charge in [-0.2, -0.15) is 0 Å². The van der Waals surface area contributed by atoms with Crippen molar-refractivity contribution in [3.63, 3.8) is 0 Å². The Morgan fingerprint density at radius 3 is 2.82 bits per heavy atom. The topological polar surface area (TPSA) is 39.9 Å². The van der Waals surface area contributed by atoms with E-state index in [1.807, 2.05) is 29.8 Å². The minimum atomic E-state index is 0.476. The Morgan fingerprint density at radius 2 is 1.86 bits per heavy atom. The van der Waals surface area contributed by atoms with E-state index in [1.165, 1.54) is 10.8 Å². The first-order chi connectivity index (χ1) is 10.8. The fourth-order valence-corrected chi connectivity index (χ4v) is 2.71. The number of pyridine rings is 1. The average Bonchev–Trinajstić information content (AvgIpc) is 2.95. The highest BCUT2D eigenvalue weighted by molar-refractivity contribution is 5.85. The second kappa shape index (κ2) is 5.15. The average molecular weight is 289 g/mol. The number of hydrogen-bond donors (Lipinski definition) is 0. The van der Waals surface area contributed by atoms with E-state index < -0.39 is 0 Å². The zero-order valence-corrected chi connectivity index (χ0v) is 12.2. The number of aryl methyl sites for hydroxylation is 1. The number of nitrogens with zero attached hydrogens (tertiary/aromatic N) is 3. The summed E-state index contributed by atoms with van der Waals surface area (Å²) in [5, 5.41) is 2.42. The first kappa shape index (κ1) is 12.8. The monoisotopic (exact) mass is 289 g/mol. The first-order valence-corrected chi connectivity index (χ1v) is 7.18. The molecule has 0 aliphatic carbocycles. The van der Waals surface area contributed by atoms with E-state index in [1.54, 1.807) is 12.5 Å². The number of imidazole rings is 1. The van der Waals surface area contributed by atoms with E-state index in [2.05, 4.69) is 40.3 Å². The molecule has 0 unspecified atom stereocenters. The Labute approximate surface area is 128 Å². The zero-order chi connectivity index (χ0) is 14.9. The molecule has 0 bridgehead atoms. The van der Waals surface area contributed by atoms with Crippen molar-refractivity contribution in [3.8, 4) is 5.88 Å². The molecule has 0 saturated carbocycles. The van der Waals surface area contributed by atoms with Crippen LogP contribution in [0.1, 0.15) is 5.56 Å². The fraction of sp³-hybridized carbons (Fsp3) is 0.111. The summed E-state index contributed by atoms with van der Waals surface area (Å²) in [6.07, 6.45) is 3.53. The molecular formula is C18H15N3O. The number of hydrogen-bond acceptors (Lipinski definition) is 3. The van der Waals surface area contributed by atoms with Gasteiger partial charge in [0.05, 0.1) is 11.8 Å². The van der Waals surface area contributed by atoms with Crippen LogP contribution in [0.5, 0.6) is 5.88 Å². The minimum Gasteiger partial charge on any atom is -0.471 e. The van der Waals surface area contributed by atoms with Gasteiger partial charge in [0.1, 0.15) is 6.61 Å². The van der Waals surface area contributed by atoms with Crippen molar-refractivity contribution in [2.75, 3.05) is 0 Å². The van der Waals surface area contributed by atoms with Crippen LogP contribution in [0, 0.1) is 0 Å². The van der Waals surface area contributed by atoms with E-state index >= 15 is 0 Å². The number of aromatic nitrogens is 3. The van der Waals surface area contributed by atoms with Gasteiger partial charge in [0.2, 0.25) is 5.88 Å². The summed E-state index contributed by atoms with van der Waals surface area (Å²) in [7, 11) is 1.96. The minimum absolute atomic E-state index is 0.476. The Bertz CT molecular complexity index is 954. The van der Waals surface area contributed by atoms with Crippen LogP contribution in [0.25, 0.3) is 21.8 Å². The third kappa shape index (κ3) is 2.09. The molecule has 4 aromatic rings. The van der Waals surface area contributed by atoms with Crippen LogP contribution in [-0.4, -0.2) is 14.5 Å². The number of ether oxygens (including phenoxy) is 1. The maximum atomic E-state index is 5.94. The Hall–Kier alpha value is -2.88. The van der Waals surface area contributed by atoms with Crippen molar-refractivity contribution in [1.29, 1.82) is 0 Å². The third-order valence-corrected chi connectivity index (χ3v) is 3.85. The highest BCUT2D eigenvalue weighted by atomic mass is 16.5. The van der Waals surface area contributed by atoms with Gasteiger partial charge in [0.15, 0.2) is 5.52 Å². The van der Waals surface area contributed by atoms with Gasteiger partial charge in [0, 0.05) is 13.2 Å². The van der Waals surface area contributed by atoms with Crippen molar-refractivity contribution in [3.05, 3.63) is 66.6 Å². The van der Waals surface area contributed by atoms with Crippen LogP contribution in [0.2, 0.25) is 0 Å². The second-order valence-electron chi connectivity index (χ2n) is 5.27. The summed E-state index contributed by atoms with van der Waals surface area (Å²) < 4.78 is 7.90. The lowest BCUT2D eigenvalue weighted by molar-refractivity contribution is 0.299. The Balaban J connectivity index is 1.69. The van der Waals surface area contributed by atoms with E-state index in [4.69, 9.17) is 4.74 Å². The predicted molar refractivity (Wildman–Crippen MR) is 86.8 cm³/mol. The molecule has 0 amide bonds. The second-order valence-corrected chi connectivity index (χ2v) is 5.27. The van der Waals surface area contributed by atoms with Crippen LogP contribution < -0.4 is 4.74 Å². The molecule has 2 heterocycles. The van der Waals surface area contributed by atoms with E-state index in [9.17, 15) is 0 Å². The highest BCUT2D eigenvalue weighted by Gasteiger charge is 2.09. The van der Waals surface area contributed by atoms with Crippen LogP contribution in [0.15, 0.2) is 61.1 Å². The Morgan fingerprint density at radius 1 is 1.00 bits per heavy atom. The predicted octanol–water partition coefficient (Wildman–Crippen LogP) is 3.70. The summed E-state index contributed by atoms with van der Waals surface area (Å²) >= 11 is 0. The van der Waals surface area contributed by atoms with Gasteiger partial charge in [-0.15, -0.1) is 0 Å². The van der Waals surface area contributed by atoms with Gasteiger partial charge in [0.25, 0.3) is 0 Å². The van der Waals surface area contributed by atoms with Gasteiger partial charge in [-0.3, -0.25) is 0 Å². The van der Waals surface area contributed by atoms with Gasteiger partial charge < -0.3 is 9.30 Å². The van der Waals surface area contributed by atoms with Crippen molar-refractivity contribution < 1.29 is 4.74 Å². The van der Waals surface area contributed by atoms with Crippen molar-refractivity contribution >= 4 is 21.8 Å². The first-order valence-electron chi connectivity index (χ1n) is 7.18. The lowest BCUT2D eigenvalue weighted by Crippen LogP contribution is -1.99. The molecule has 22 heavy (non-hydrogen) atoms. The van der Waals surface area contributed by atoms with Gasteiger partial charge >= 0.3 is 0 Å². The van der Waals surface area contributed by atoms with Crippen LogP contribution in [0.4, 0.5) is 0 Å². The molecular weight excluding hydrogens is 274 g/mol. The molecule has 2 aromatic carbocycles. The van der Waals surface area contributed by atoms with Crippen molar-refractivity contribution in [1.82, 2.24) is 14.5 Å². The SMILES string of the molecule is Cn1cnc2c(OCc3cccc4ccccc34)nccc21. The molecule has 2 aromatic heterocycles. The van der Waals surface area contributed by atoms with Crippen LogP contribution in [0.3, 0.4) is 0 Å². The Kier molecular flexibility index (Phi) is 3.00. The van der Waals surface area contributed by atoms with Gasteiger partial charge in [-0.05, 0) is 22.4 Å². The largest absolute Gasteiger partial charge is 0.471 e. The smallest absolute Gasteiger partial charge is 0.242 e. The van der Waals surface area contributed by atoms with E-state index in [-0.39, 0.29) is 0 Å². The quantitative estimate of drug-likeness (QED) is 0.577. The molecule has 4 heteroatoms. The van der Waals surface area contributed by atoms with Gasteiger partial charge in [-0.25, -0.2) is 9.97 Å². The molecule has 4 rings (SSSR count). The molecule has 0 N–H and O–H groups in total. The van der Waals surface area contributed by atoms with Crippen LogP contribution >= 0.6 is 0 Å². The lowest BCUT2D eigenvalue weighted by atomic mass is 10.1. The molecule has 0 aliphatic rings. The third-order valence-electron chi connectivity index (χ3n) is 3.85. The summed E-state index contributed by atoms with van der Waals surface area (Å²) in [6.45, 7) is 0.476. The number of rotatable bonds is 3. The zero-order valence-electron chi connectivity index (χ0n) is 12.2. The highest BCUT2D eigenvalue weighted by Crippen LogP contribution is 2.24. The molecule has 0 spiro atoms. The van der Waals surface area contributed by atoms with Crippen molar-refractivity contribution in [2.45, 2.75) is 6.61 Å². The van der Waals surface area contributed by atoms with Crippen molar-refractivity contribution in [2.24, 2.45) is 7.05 Å². The number of fused-ring (bicyclic) bond motifs is 2. The maximum absolute atomic E-state index is 5.94. The van der Waals surface area contributed by atoms with E-state index in [0.717, 1.165) is 16.6 Å². The summed E-state index contributed by atoms with van der Waals surface area (Å²) in [5.41, 5.74) is 2.96. The summed E-state index contributed by atoms with van der Waals surface area (Å²) in [4.78, 5) is 8.69. The molecule has 0 aliphatic heterocycles. The number of benzene rings is 2. The molecule has 0 saturated heterocycles. The standard InChI is InChI=1S/C18H15N3O/c1-21-12-20-17-16(21)9-10-19-18(17)22-11-14-7-4-6-13-5-2-3-8-15(13)14/h2-10,12H,11H2,1H3. The van der Waals surface area contributed by atoms with E-state index in [0.29, 0.717) is 12.5 Å². The maximum Gasteiger partial charge on any atom is 0.242 e. The molecule has 4 nitrogen and oxygen atoms in total. The molecule has 108 valence electrons. The molecule has 0 atom stereocenters. The van der Waals surface area contributed by atoms with Gasteiger partial charge in [-0.1, -0.05) is 42.5 Å².